The Labute approximate surface area is 729 Å². The Kier molecular flexibility index (Phi) is 18.9. The normalized spacial score (nSPS) is 16.6. The number of para-hydroxylation sites is 1. The molecule has 0 spiro atoms. The Balaban J connectivity index is 0.668. The molecule has 2 saturated carbocycles. The van der Waals surface area contributed by atoms with Crippen LogP contribution in [0.3, 0.4) is 0 Å². The maximum Gasteiger partial charge on any atom is 0.0714 e. The van der Waals surface area contributed by atoms with E-state index < -0.39 is 10.8 Å². The number of allylic oxidation sites excluding steroid dienone is 3. The molecule has 0 heterocycles. The minimum Gasteiger partial charge on any atom is -0.310 e. The van der Waals surface area contributed by atoms with E-state index in [1.54, 1.807) is 0 Å². The zero-order chi connectivity index (χ0) is 82.4. The number of nitrogens with zero attached hydrogens (tertiary/aromatic N) is 2. The van der Waals surface area contributed by atoms with Crippen LogP contribution in [-0.2, 0) is 10.8 Å². The van der Waals surface area contributed by atoms with Crippen molar-refractivity contribution in [2.24, 2.45) is 5.92 Å². The maximum atomic E-state index is 2.65. The number of hydrogen-bond donors (Lipinski definition) is 0. The standard InChI is InChI=1S/C122H98N2/c1-81-61-72-109(118(75-81)124(96-68-64-87(65-69-96)102-54-27-38-83-36-16-18-49-100(83)102)98-71-74-107-105-51-20-23-59-114(105)122(116(107)80-98,92-43-11-5-12-44-92)93-45-13-6-14-46-93)111-57-30-42-90-76-91(78-112(120(90)111)85-33-9-4-10-34-85)89-41-25-47-94(77-89)121(2)113-58-22-19-50-104(113)106-73-70-97(79-115(106)121)123(95-66-62-86(63-67-95)101-53-26-37-82-35-15-17-48-99(82)101)117-60-24-21-52-108(117)110-56-29-40-88-39-28-55-103(119(88)110)84-31-7-3-8-32-84/h5-6,11-30,35-60,62-81,84-85H,3-4,7-10,31-34,61H2,1-2H3. The summed E-state index contributed by atoms with van der Waals surface area (Å²) in [7, 11) is 0. The molecule has 23 rings (SSSR count). The van der Waals surface area contributed by atoms with Crippen molar-refractivity contribution >= 4 is 77.1 Å². The fourth-order valence-electron chi connectivity index (χ4n) is 23.0. The highest BCUT2D eigenvalue weighted by Gasteiger charge is 2.47. The van der Waals surface area contributed by atoms with Gasteiger partial charge in [0.05, 0.1) is 11.1 Å². The molecule has 18 aromatic carbocycles. The molecule has 0 amide bonds. The van der Waals surface area contributed by atoms with Crippen molar-refractivity contribution in [3.05, 3.63) is 468 Å². The van der Waals surface area contributed by atoms with Crippen molar-refractivity contribution in [3.63, 3.8) is 0 Å². The van der Waals surface area contributed by atoms with Crippen molar-refractivity contribution in [2.75, 3.05) is 9.80 Å². The fourth-order valence-corrected chi connectivity index (χ4v) is 23.0. The molecule has 2 fully saturated rings. The Morgan fingerprint density at radius 2 is 0.726 bits per heavy atom. The summed E-state index contributed by atoms with van der Waals surface area (Å²) in [5.41, 5.74) is 35.3. The summed E-state index contributed by atoms with van der Waals surface area (Å²) < 4.78 is 0. The topological polar surface area (TPSA) is 6.48 Å². The highest BCUT2D eigenvalue weighted by atomic mass is 15.2. The first-order valence-corrected chi connectivity index (χ1v) is 45.4. The molecule has 5 aliphatic rings. The van der Waals surface area contributed by atoms with Gasteiger partial charge in [-0.15, -0.1) is 0 Å². The van der Waals surface area contributed by atoms with Gasteiger partial charge in [0, 0.05) is 45.0 Å². The first kappa shape index (κ1) is 75.1. The van der Waals surface area contributed by atoms with E-state index in [1.165, 1.54) is 228 Å². The molecule has 0 N–H and O–H groups in total. The molecule has 596 valence electrons. The lowest BCUT2D eigenvalue weighted by atomic mass is 9.67. The number of hydrogen-bond acceptors (Lipinski definition) is 2. The first-order valence-electron chi connectivity index (χ1n) is 45.4. The molecular formula is C122H98N2. The number of fused-ring (bicyclic) bond motifs is 10. The molecule has 0 aliphatic heterocycles. The van der Waals surface area contributed by atoms with Crippen molar-refractivity contribution in [1.82, 2.24) is 0 Å². The average Bonchev–Trinajstić information content (AvgIpc) is 1.60. The zero-order valence-electron chi connectivity index (χ0n) is 70.6. The molecule has 5 aliphatic carbocycles. The van der Waals surface area contributed by atoms with Crippen molar-refractivity contribution in [1.29, 1.82) is 0 Å². The molecule has 0 bridgehead atoms. The van der Waals surface area contributed by atoms with Gasteiger partial charge in [-0.2, -0.15) is 0 Å². The van der Waals surface area contributed by atoms with Crippen molar-refractivity contribution in [2.45, 2.75) is 107 Å². The summed E-state index contributed by atoms with van der Waals surface area (Å²) in [4.78, 5) is 5.19. The second-order valence-corrected chi connectivity index (χ2v) is 35.8. The molecule has 0 radical (unpaired) electrons. The van der Waals surface area contributed by atoms with Gasteiger partial charge in [0.2, 0.25) is 0 Å². The van der Waals surface area contributed by atoms with Gasteiger partial charge >= 0.3 is 0 Å². The van der Waals surface area contributed by atoms with E-state index in [1.807, 2.05) is 0 Å². The van der Waals surface area contributed by atoms with E-state index in [4.69, 9.17) is 0 Å². The van der Waals surface area contributed by atoms with E-state index >= 15 is 0 Å². The quantitative estimate of drug-likeness (QED) is 0.0951. The SMILES string of the molecule is CC1C=C(N(c2ccc(-c3cccc4ccccc34)cc2)c2ccc3c(c2)C(c2ccccc2)(c2ccccc2)c2ccccc2-3)C(c2cccc3cc(-c4cccc(C5(C)c6ccccc6-c6ccc(N(c7ccc(-c8cccc9ccccc89)cc7)c7ccccc7-c7cccc8cccc(C9CCCCC9)c78)cc65)c4)cc(C4CCCCC4)c23)=CC1. The Morgan fingerprint density at radius 1 is 0.274 bits per heavy atom. The molecule has 2 heteroatoms. The number of rotatable bonds is 16. The third kappa shape index (κ3) is 12.6. The van der Waals surface area contributed by atoms with Gasteiger partial charge in [0.25, 0.3) is 0 Å². The largest absolute Gasteiger partial charge is 0.310 e. The minimum absolute atomic E-state index is 0.274. The second kappa shape index (κ2) is 31.2. The predicted molar refractivity (Wildman–Crippen MR) is 524 cm³/mol. The number of benzene rings is 18. The highest BCUT2D eigenvalue weighted by Crippen LogP contribution is 2.60. The Hall–Kier alpha value is -13.9. The molecule has 2 unspecified atom stereocenters. The van der Waals surface area contributed by atoms with Gasteiger partial charge in [0.1, 0.15) is 0 Å². The molecule has 0 aromatic heterocycles. The van der Waals surface area contributed by atoms with E-state index in [-0.39, 0.29) is 5.92 Å². The van der Waals surface area contributed by atoms with Gasteiger partial charge < -0.3 is 9.80 Å². The Morgan fingerprint density at radius 3 is 1.38 bits per heavy atom. The fraction of sp³-hybridized carbons (Fsp3) is 0.148. The van der Waals surface area contributed by atoms with Gasteiger partial charge in [-0.25, -0.2) is 0 Å². The molecule has 0 saturated heterocycles. The predicted octanol–water partition coefficient (Wildman–Crippen LogP) is 33.4. The molecular weight excluding hydrogens is 1490 g/mol. The lowest BCUT2D eigenvalue weighted by Gasteiger charge is -2.36. The van der Waals surface area contributed by atoms with Crippen LogP contribution in [0.15, 0.2) is 412 Å². The summed E-state index contributed by atoms with van der Waals surface area (Å²) in [5, 5.41) is 10.4. The van der Waals surface area contributed by atoms with Crippen LogP contribution in [0.2, 0.25) is 0 Å². The minimum atomic E-state index is -0.585. The first-order chi connectivity index (χ1) is 61.3. The average molecular weight is 1590 g/mol. The highest BCUT2D eigenvalue weighted by molar-refractivity contribution is 6.07. The van der Waals surface area contributed by atoms with E-state index in [2.05, 4.69) is 430 Å². The molecule has 2 nitrogen and oxygen atoms in total. The van der Waals surface area contributed by atoms with Crippen LogP contribution in [0.25, 0.3) is 115 Å². The lowest BCUT2D eigenvalue weighted by Crippen LogP contribution is -2.29. The van der Waals surface area contributed by atoms with Gasteiger partial charge in [-0.3, -0.25) is 0 Å². The maximum absolute atomic E-state index is 2.65. The summed E-state index contributed by atoms with van der Waals surface area (Å²) in [6.45, 7) is 4.92. The number of anilines is 5. The van der Waals surface area contributed by atoms with Gasteiger partial charge in [0.15, 0.2) is 0 Å². The van der Waals surface area contributed by atoms with Crippen LogP contribution in [0.4, 0.5) is 28.4 Å². The molecule has 18 aromatic rings. The summed E-state index contributed by atoms with van der Waals surface area (Å²) in [6.07, 6.45) is 18.5. The zero-order valence-corrected chi connectivity index (χ0v) is 70.6. The third-order valence-corrected chi connectivity index (χ3v) is 28.9. The summed E-state index contributed by atoms with van der Waals surface area (Å²) >= 11 is 0. The van der Waals surface area contributed by atoms with Crippen LogP contribution >= 0.6 is 0 Å². The Bertz CT molecular complexity index is 7200. The smallest absolute Gasteiger partial charge is 0.0714 e. The van der Waals surface area contributed by atoms with Crippen LogP contribution in [0.5, 0.6) is 0 Å². The monoisotopic (exact) mass is 1590 g/mol. The van der Waals surface area contributed by atoms with Gasteiger partial charge in [-0.1, -0.05) is 385 Å². The van der Waals surface area contributed by atoms with E-state index in [0.717, 1.165) is 47.7 Å². The van der Waals surface area contributed by atoms with Gasteiger partial charge in [-0.05, 0) is 283 Å². The van der Waals surface area contributed by atoms with Crippen LogP contribution in [0.1, 0.15) is 152 Å². The summed E-state index contributed by atoms with van der Waals surface area (Å²) in [6, 6.07) is 151. The molecule has 124 heavy (non-hydrogen) atoms. The van der Waals surface area contributed by atoms with E-state index in [9.17, 15) is 0 Å². The third-order valence-electron chi connectivity index (χ3n) is 28.9. The van der Waals surface area contributed by atoms with Crippen LogP contribution in [-0.4, -0.2) is 0 Å². The van der Waals surface area contributed by atoms with Crippen LogP contribution in [0, 0.1) is 5.92 Å². The summed E-state index contributed by atoms with van der Waals surface area (Å²) in [5.74, 6) is 1.20. The van der Waals surface area contributed by atoms with E-state index in [0.29, 0.717) is 11.8 Å². The lowest BCUT2D eigenvalue weighted by molar-refractivity contribution is 0.445. The van der Waals surface area contributed by atoms with Crippen LogP contribution < -0.4 is 9.80 Å². The van der Waals surface area contributed by atoms with Crippen molar-refractivity contribution in [3.8, 4) is 66.8 Å². The molecule has 2 atom stereocenters. The van der Waals surface area contributed by atoms with Crippen molar-refractivity contribution < 1.29 is 0 Å². The second-order valence-electron chi connectivity index (χ2n) is 35.8.